The molecule has 1 aliphatic rings. The molecule has 0 saturated heterocycles. The van der Waals surface area contributed by atoms with Gasteiger partial charge in [0.15, 0.2) is 11.7 Å². The van der Waals surface area contributed by atoms with Crippen LogP contribution in [0.4, 0.5) is 0 Å². The molecule has 0 N–H and O–H groups in total. The summed E-state index contributed by atoms with van der Waals surface area (Å²) in [5, 5.41) is 5.87. The third-order valence-corrected chi connectivity index (χ3v) is 11.6. The molecule has 0 aliphatic heterocycles. The first-order chi connectivity index (χ1) is 28.7. The lowest BCUT2D eigenvalue weighted by atomic mass is 9.97. The number of amidine groups is 2. The second-order valence-corrected chi connectivity index (χ2v) is 14.7. The summed E-state index contributed by atoms with van der Waals surface area (Å²) >= 11 is 0. The van der Waals surface area contributed by atoms with E-state index in [0.717, 1.165) is 62.0 Å². The summed E-state index contributed by atoms with van der Waals surface area (Å²) in [6.45, 7) is 4.32. The summed E-state index contributed by atoms with van der Waals surface area (Å²) in [5.74, 6) is 1.93. The standard InChI is InChI=1S/C52H37N5O/c1-53-51(36-31-29-35(30-32-36)34-15-3-2-4-16-34)55-52(54-33-56-44-24-9-5-17-37(44)38-18-6-10-25-45(38)56)43-23-13-21-41-42-22-14-28-48(50(42)58-49(41)43)57-46-26-11-7-19-39(46)40-20-8-12-27-47(40)57/h2-27,29-32,48H,1,28,33H2. The van der Waals surface area contributed by atoms with Crippen molar-refractivity contribution in [3.8, 4) is 11.1 Å². The van der Waals surface area contributed by atoms with E-state index in [1.807, 2.05) is 18.2 Å². The van der Waals surface area contributed by atoms with Gasteiger partial charge in [-0.3, -0.25) is 0 Å². The monoisotopic (exact) mass is 747 g/mol. The molecule has 6 heteroatoms. The predicted octanol–water partition coefficient (Wildman–Crippen LogP) is 12.9. The maximum Gasteiger partial charge on any atom is 0.162 e. The molecule has 1 atom stereocenters. The topological polar surface area (TPSA) is 60.1 Å². The minimum Gasteiger partial charge on any atom is -0.457 e. The SMILES string of the molecule is C=NC(=NC(=NCn1c2ccccc2c2ccccc21)c1cccc2c3c(oc12)C(n1c2ccccc2c2ccccc21)CC=C3)c1ccc(-c2ccccc2)cc1. The van der Waals surface area contributed by atoms with Crippen molar-refractivity contribution in [1.29, 1.82) is 0 Å². The molecule has 1 unspecified atom stereocenters. The first-order valence-corrected chi connectivity index (χ1v) is 19.7. The van der Waals surface area contributed by atoms with Crippen molar-refractivity contribution in [1.82, 2.24) is 9.13 Å². The van der Waals surface area contributed by atoms with Gasteiger partial charge in [0.25, 0.3) is 0 Å². The number of benzene rings is 7. The molecule has 7 aromatic carbocycles. The Morgan fingerprint density at radius 1 is 0.569 bits per heavy atom. The van der Waals surface area contributed by atoms with Gasteiger partial charge in [-0.1, -0.05) is 152 Å². The lowest BCUT2D eigenvalue weighted by molar-refractivity contribution is 0.460. The number of aliphatic imine (C=N–C) groups is 3. The molecule has 11 rings (SSSR count). The number of furan rings is 1. The quantitative estimate of drug-likeness (QED) is 0.123. The van der Waals surface area contributed by atoms with Crippen molar-refractivity contribution in [3.05, 3.63) is 198 Å². The smallest absolute Gasteiger partial charge is 0.162 e. The Bertz CT molecular complexity index is 3200. The van der Waals surface area contributed by atoms with Crippen molar-refractivity contribution >= 4 is 79.0 Å². The van der Waals surface area contributed by atoms with E-state index in [2.05, 4.69) is 185 Å². The largest absolute Gasteiger partial charge is 0.457 e. The van der Waals surface area contributed by atoms with E-state index in [9.17, 15) is 0 Å². The number of nitrogens with zero attached hydrogens (tertiary/aromatic N) is 5. The van der Waals surface area contributed by atoms with Crippen LogP contribution < -0.4 is 0 Å². The van der Waals surface area contributed by atoms with Crippen LogP contribution in [0.5, 0.6) is 0 Å². The molecule has 0 radical (unpaired) electrons. The molecule has 6 nitrogen and oxygen atoms in total. The van der Waals surface area contributed by atoms with E-state index in [0.29, 0.717) is 18.3 Å². The lowest BCUT2D eigenvalue weighted by Crippen LogP contribution is -2.12. The maximum atomic E-state index is 7.12. The molecule has 3 heterocycles. The number of aromatic nitrogens is 2. The van der Waals surface area contributed by atoms with E-state index in [4.69, 9.17) is 14.4 Å². The summed E-state index contributed by atoms with van der Waals surface area (Å²) < 4.78 is 11.8. The van der Waals surface area contributed by atoms with Crippen LogP contribution in [0, 0.1) is 0 Å². The van der Waals surface area contributed by atoms with Gasteiger partial charge in [-0.2, -0.15) is 0 Å². The van der Waals surface area contributed by atoms with E-state index in [-0.39, 0.29) is 6.04 Å². The van der Waals surface area contributed by atoms with Crippen LogP contribution >= 0.6 is 0 Å². The van der Waals surface area contributed by atoms with Gasteiger partial charge in [0.1, 0.15) is 18.0 Å². The van der Waals surface area contributed by atoms with Crippen molar-refractivity contribution in [2.24, 2.45) is 15.0 Å². The highest BCUT2D eigenvalue weighted by Crippen LogP contribution is 2.43. The Labute approximate surface area is 335 Å². The number of rotatable bonds is 6. The van der Waals surface area contributed by atoms with Gasteiger partial charge in [-0.05, 0) is 54.6 Å². The van der Waals surface area contributed by atoms with Gasteiger partial charge in [-0.25, -0.2) is 15.0 Å². The number of hydrogen-bond acceptors (Lipinski definition) is 2. The zero-order valence-corrected chi connectivity index (χ0v) is 31.7. The number of para-hydroxylation sites is 5. The number of hydrogen-bond donors (Lipinski definition) is 0. The van der Waals surface area contributed by atoms with E-state index in [1.165, 1.54) is 32.6 Å². The Hall–Kier alpha value is -7.57. The van der Waals surface area contributed by atoms with Crippen LogP contribution in [-0.2, 0) is 6.67 Å². The molecule has 10 aromatic rings. The van der Waals surface area contributed by atoms with E-state index in [1.54, 1.807) is 0 Å². The van der Waals surface area contributed by atoms with Crippen molar-refractivity contribution in [3.63, 3.8) is 0 Å². The fourth-order valence-corrected chi connectivity index (χ4v) is 8.89. The highest BCUT2D eigenvalue weighted by Gasteiger charge is 2.29. The van der Waals surface area contributed by atoms with Crippen LogP contribution in [0.15, 0.2) is 195 Å². The Kier molecular flexibility index (Phi) is 8.07. The maximum absolute atomic E-state index is 7.12. The van der Waals surface area contributed by atoms with Crippen molar-refractivity contribution in [2.45, 2.75) is 19.1 Å². The normalized spacial score (nSPS) is 14.6. The third-order valence-electron chi connectivity index (χ3n) is 11.6. The summed E-state index contributed by atoms with van der Waals surface area (Å²) in [6.07, 6.45) is 5.28. The highest BCUT2D eigenvalue weighted by atomic mass is 16.3. The Morgan fingerprint density at radius 2 is 1.12 bits per heavy atom. The van der Waals surface area contributed by atoms with Crippen LogP contribution in [0.2, 0.25) is 0 Å². The molecular weight excluding hydrogens is 711 g/mol. The second-order valence-electron chi connectivity index (χ2n) is 14.7. The van der Waals surface area contributed by atoms with Gasteiger partial charge in [-0.15, -0.1) is 0 Å². The lowest BCUT2D eigenvalue weighted by Gasteiger charge is -2.21. The molecule has 0 fully saturated rings. The van der Waals surface area contributed by atoms with Gasteiger partial charge in [0.05, 0.1) is 22.6 Å². The highest BCUT2D eigenvalue weighted by molar-refractivity contribution is 6.17. The van der Waals surface area contributed by atoms with E-state index >= 15 is 0 Å². The number of fused-ring (bicyclic) bond motifs is 9. The first kappa shape index (κ1) is 33.7. The molecule has 0 amide bonds. The van der Waals surface area contributed by atoms with Crippen LogP contribution in [-0.4, -0.2) is 27.5 Å². The van der Waals surface area contributed by atoms with E-state index < -0.39 is 0 Å². The summed E-state index contributed by atoms with van der Waals surface area (Å²) in [7, 11) is 0. The van der Waals surface area contributed by atoms with Gasteiger partial charge in [0.2, 0.25) is 0 Å². The van der Waals surface area contributed by atoms with Crippen molar-refractivity contribution < 1.29 is 4.42 Å². The molecular formula is C52H37N5O. The Morgan fingerprint density at radius 3 is 1.76 bits per heavy atom. The summed E-state index contributed by atoms with van der Waals surface area (Å²) in [6, 6.07) is 59.2. The molecule has 0 bridgehead atoms. The number of allylic oxidation sites excluding steroid dienone is 1. The molecule has 276 valence electrons. The average molecular weight is 748 g/mol. The zero-order valence-electron chi connectivity index (χ0n) is 31.7. The first-order valence-electron chi connectivity index (χ1n) is 19.7. The minimum absolute atomic E-state index is 0.0416. The third kappa shape index (κ3) is 5.45. The van der Waals surface area contributed by atoms with Crippen molar-refractivity contribution in [2.75, 3.05) is 0 Å². The fraction of sp³-hybridized carbons (Fsp3) is 0.0577. The molecule has 0 saturated carbocycles. The van der Waals surface area contributed by atoms with Gasteiger partial charge >= 0.3 is 0 Å². The van der Waals surface area contributed by atoms with Crippen LogP contribution in [0.3, 0.4) is 0 Å². The Balaban J connectivity index is 1.09. The average Bonchev–Trinajstić information content (AvgIpc) is 3.95. The molecule has 1 aliphatic carbocycles. The van der Waals surface area contributed by atoms with Crippen LogP contribution in [0.25, 0.3) is 71.8 Å². The predicted molar refractivity (Wildman–Crippen MR) is 241 cm³/mol. The minimum atomic E-state index is -0.0416. The van der Waals surface area contributed by atoms with Crippen LogP contribution in [0.1, 0.15) is 34.9 Å². The fourth-order valence-electron chi connectivity index (χ4n) is 8.89. The molecule has 0 spiro atoms. The summed E-state index contributed by atoms with van der Waals surface area (Å²) in [4.78, 5) is 15.1. The summed E-state index contributed by atoms with van der Waals surface area (Å²) in [5.41, 5.74) is 10.3. The molecule has 58 heavy (non-hydrogen) atoms. The van der Waals surface area contributed by atoms with Gasteiger partial charge in [0, 0.05) is 49.1 Å². The zero-order chi connectivity index (χ0) is 38.6. The second kappa shape index (κ2) is 13.9. The molecule has 3 aromatic heterocycles. The van der Waals surface area contributed by atoms with Gasteiger partial charge < -0.3 is 13.6 Å².